The lowest BCUT2D eigenvalue weighted by molar-refractivity contribution is 0.496. The van der Waals surface area contributed by atoms with Gasteiger partial charge in [0.2, 0.25) is 0 Å². The number of halogens is 5. The van der Waals surface area contributed by atoms with Crippen LogP contribution in [0.3, 0.4) is 0 Å². The van der Waals surface area contributed by atoms with Gasteiger partial charge in [-0.3, -0.25) is 0 Å². The van der Waals surface area contributed by atoms with Gasteiger partial charge in [0.05, 0.1) is 11.7 Å². The van der Waals surface area contributed by atoms with Crippen molar-refractivity contribution in [2.75, 3.05) is 5.32 Å². The number of benzene rings is 2. The van der Waals surface area contributed by atoms with Gasteiger partial charge in [0.15, 0.2) is 11.6 Å². The van der Waals surface area contributed by atoms with E-state index in [9.17, 15) is 22.0 Å². The van der Waals surface area contributed by atoms with Gasteiger partial charge < -0.3 is 5.32 Å². The topological polar surface area (TPSA) is 12.0 Å². The standard InChI is InChI=1S/C14H10F5N/c1-7(10-3-2-8(15)4-11(10)17)20-13-6-9(16)5-12(18)14(13)19/h2-7,20H,1H3. The average molecular weight is 287 g/mol. The van der Waals surface area contributed by atoms with Crippen LogP contribution in [0.5, 0.6) is 0 Å². The molecule has 0 aromatic heterocycles. The minimum atomic E-state index is -1.35. The maximum atomic E-state index is 13.5. The van der Waals surface area contributed by atoms with Crippen molar-refractivity contribution in [2.45, 2.75) is 13.0 Å². The summed E-state index contributed by atoms with van der Waals surface area (Å²) in [6, 6.07) is 3.26. The SMILES string of the molecule is CC(Nc1cc(F)cc(F)c1F)c1ccc(F)cc1F. The summed E-state index contributed by atoms with van der Waals surface area (Å²) < 4.78 is 65.9. The monoisotopic (exact) mass is 287 g/mol. The van der Waals surface area contributed by atoms with Crippen molar-refractivity contribution in [2.24, 2.45) is 0 Å². The molecule has 20 heavy (non-hydrogen) atoms. The predicted octanol–water partition coefficient (Wildman–Crippen LogP) is 4.56. The summed E-state index contributed by atoms with van der Waals surface area (Å²) in [5, 5.41) is 2.45. The zero-order valence-electron chi connectivity index (χ0n) is 10.4. The van der Waals surface area contributed by atoms with Gasteiger partial charge in [-0.25, -0.2) is 22.0 Å². The summed E-state index contributed by atoms with van der Waals surface area (Å²) in [6.45, 7) is 1.46. The molecule has 0 aliphatic rings. The van der Waals surface area contributed by atoms with E-state index in [4.69, 9.17) is 0 Å². The Labute approximate surface area is 112 Å². The smallest absolute Gasteiger partial charge is 0.182 e. The molecule has 2 rings (SSSR count). The Bertz CT molecular complexity index is 642. The second-order valence-electron chi connectivity index (χ2n) is 4.28. The first-order chi connectivity index (χ1) is 9.38. The van der Waals surface area contributed by atoms with Crippen LogP contribution in [-0.4, -0.2) is 0 Å². The normalized spacial score (nSPS) is 12.3. The molecule has 0 spiro atoms. The van der Waals surface area contributed by atoms with E-state index in [1.807, 2.05) is 0 Å². The number of anilines is 1. The van der Waals surface area contributed by atoms with E-state index >= 15 is 0 Å². The van der Waals surface area contributed by atoms with Crippen molar-refractivity contribution >= 4 is 5.69 Å². The van der Waals surface area contributed by atoms with Crippen LogP contribution in [0.4, 0.5) is 27.6 Å². The minimum absolute atomic E-state index is 0.0514. The second-order valence-corrected chi connectivity index (χ2v) is 4.28. The summed E-state index contributed by atoms with van der Waals surface area (Å²) in [6.07, 6.45) is 0. The molecule has 0 aliphatic carbocycles. The quantitative estimate of drug-likeness (QED) is 0.645. The van der Waals surface area contributed by atoms with E-state index in [0.717, 1.165) is 12.1 Å². The molecule has 0 saturated heterocycles. The lowest BCUT2D eigenvalue weighted by Crippen LogP contribution is -2.11. The van der Waals surface area contributed by atoms with Crippen LogP contribution in [-0.2, 0) is 0 Å². The Morgan fingerprint density at radius 2 is 1.50 bits per heavy atom. The van der Waals surface area contributed by atoms with Gasteiger partial charge in [0, 0.05) is 23.8 Å². The van der Waals surface area contributed by atoms with E-state index in [2.05, 4.69) is 5.32 Å². The molecular formula is C14H10F5N. The number of nitrogens with one attached hydrogen (secondary N) is 1. The Morgan fingerprint density at radius 1 is 0.850 bits per heavy atom. The number of hydrogen-bond donors (Lipinski definition) is 1. The third-order valence-electron chi connectivity index (χ3n) is 2.79. The highest BCUT2D eigenvalue weighted by molar-refractivity contribution is 5.47. The molecule has 0 saturated carbocycles. The molecule has 6 heteroatoms. The van der Waals surface area contributed by atoms with E-state index < -0.39 is 40.8 Å². The van der Waals surface area contributed by atoms with Crippen LogP contribution in [0.2, 0.25) is 0 Å². The molecule has 2 aromatic rings. The average Bonchev–Trinajstić information content (AvgIpc) is 2.35. The summed E-state index contributed by atoms with van der Waals surface area (Å²) >= 11 is 0. The van der Waals surface area contributed by atoms with E-state index in [1.165, 1.54) is 13.0 Å². The van der Waals surface area contributed by atoms with Gasteiger partial charge in [0.25, 0.3) is 0 Å². The van der Waals surface area contributed by atoms with Crippen LogP contribution >= 0.6 is 0 Å². The maximum Gasteiger partial charge on any atom is 0.182 e. The van der Waals surface area contributed by atoms with Gasteiger partial charge in [-0.1, -0.05) is 6.07 Å². The van der Waals surface area contributed by atoms with Gasteiger partial charge in [-0.05, 0) is 13.0 Å². The fourth-order valence-corrected chi connectivity index (χ4v) is 1.82. The van der Waals surface area contributed by atoms with E-state index in [1.54, 1.807) is 0 Å². The van der Waals surface area contributed by atoms with Crippen LogP contribution in [0.1, 0.15) is 18.5 Å². The zero-order valence-corrected chi connectivity index (χ0v) is 10.4. The Balaban J connectivity index is 2.30. The largest absolute Gasteiger partial charge is 0.376 e. The molecule has 0 bridgehead atoms. The number of rotatable bonds is 3. The van der Waals surface area contributed by atoms with E-state index in [0.29, 0.717) is 12.1 Å². The van der Waals surface area contributed by atoms with Crippen molar-refractivity contribution in [1.82, 2.24) is 0 Å². The fourth-order valence-electron chi connectivity index (χ4n) is 1.82. The molecule has 1 nitrogen and oxygen atoms in total. The molecule has 1 N–H and O–H groups in total. The van der Waals surface area contributed by atoms with Gasteiger partial charge in [0.1, 0.15) is 17.5 Å². The fraction of sp³-hybridized carbons (Fsp3) is 0.143. The molecule has 2 aromatic carbocycles. The lowest BCUT2D eigenvalue weighted by Gasteiger charge is -2.17. The summed E-state index contributed by atoms with van der Waals surface area (Å²) in [5.74, 6) is -5.15. The van der Waals surface area contributed by atoms with Crippen molar-refractivity contribution in [3.63, 3.8) is 0 Å². The van der Waals surface area contributed by atoms with Crippen molar-refractivity contribution < 1.29 is 22.0 Å². The molecule has 1 unspecified atom stereocenters. The van der Waals surface area contributed by atoms with Crippen LogP contribution in [0, 0.1) is 29.1 Å². The Morgan fingerprint density at radius 3 is 2.15 bits per heavy atom. The van der Waals surface area contributed by atoms with Crippen molar-refractivity contribution in [3.8, 4) is 0 Å². The first-order valence-electron chi connectivity index (χ1n) is 5.74. The highest BCUT2D eigenvalue weighted by Crippen LogP contribution is 2.26. The third-order valence-corrected chi connectivity index (χ3v) is 2.79. The van der Waals surface area contributed by atoms with Crippen molar-refractivity contribution in [1.29, 1.82) is 0 Å². The highest BCUT2D eigenvalue weighted by Gasteiger charge is 2.16. The third kappa shape index (κ3) is 2.89. The Kier molecular flexibility index (Phi) is 3.92. The van der Waals surface area contributed by atoms with E-state index in [-0.39, 0.29) is 5.56 Å². The zero-order chi connectivity index (χ0) is 14.9. The van der Waals surface area contributed by atoms with Crippen LogP contribution in [0.25, 0.3) is 0 Å². The highest BCUT2D eigenvalue weighted by atomic mass is 19.2. The summed E-state index contributed by atoms with van der Waals surface area (Å²) in [7, 11) is 0. The van der Waals surface area contributed by atoms with Crippen molar-refractivity contribution in [3.05, 3.63) is 65.0 Å². The van der Waals surface area contributed by atoms with Gasteiger partial charge >= 0.3 is 0 Å². The lowest BCUT2D eigenvalue weighted by atomic mass is 10.1. The molecule has 0 fully saturated rings. The molecule has 0 radical (unpaired) electrons. The Hall–Kier alpha value is -2.11. The molecule has 106 valence electrons. The second kappa shape index (κ2) is 5.48. The molecule has 0 amide bonds. The summed E-state index contributed by atoms with van der Waals surface area (Å²) in [5.41, 5.74) is -0.380. The summed E-state index contributed by atoms with van der Waals surface area (Å²) in [4.78, 5) is 0. The predicted molar refractivity (Wildman–Crippen MR) is 64.7 cm³/mol. The molecule has 0 heterocycles. The first kappa shape index (κ1) is 14.3. The maximum absolute atomic E-state index is 13.5. The van der Waals surface area contributed by atoms with Crippen LogP contribution in [0.15, 0.2) is 30.3 Å². The van der Waals surface area contributed by atoms with Gasteiger partial charge in [-0.2, -0.15) is 0 Å². The van der Waals surface area contributed by atoms with Crippen LogP contribution < -0.4 is 5.32 Å². The molecule has 0 aliphatic heterocycles. The number of hydrogen-bond acceptors (Lipinski definition) is 1. The molecular weight excluding hydrogens is 277 g/mol. The van der Waals surface area contributed by atoms with Gasteiger partial charge in [-0.15, -0.1) is 0 Å². The minimum Gasteiger partial charge on any atom is -0.376 e. The molecule has 1 atom stereocenters. The first-order valence-corrected chi connectivity index (χ1v) is 5.74.